The zero-order chi connectivity index (χ0) is 23.9. The average Bonchev–Trinajstić information content (AvgIpc) is 3.40. The third kappa shape index (κ3) is 5.56. The van der Waals surface area contributed by atoms with Gasteiger partial charge in [0.2, 0.25) is 0 Å². The lowest BCUT2D eigenvalue weighted by molar-refractivity contribution is 0.295. The van der Waals surface area contributed by atoms with Crippen LogP contribution in [0.15, 0.2) is 84.9 Å². The summed E-state index contributed by atoms with van der Waals surface area (Å²) >= 11 is 0. The molecular formula is C32H37NO2. The molecule has 1 aliphatic heterocycles. The first-order valence-corrected chi connectivity index (χ1v) is 13.3. The first-order valence-electron chi connectivity index (χ1n) is 13.3. The highest BCUT2D eigenvalue weighted by molar-refractivity contribution is 5.62. The molecule has 3 aromatic carbocycles. The summed E-state index contributed by atoms with van der Waals surface area (Å²) < 4.78 is 12.5. The molecule has 2 aliphatic rings. The lowest BCUT2D eigenvalue weighted by atomic mass is 9.77. The lowest BCUT2D eigenvalue weighted by Crippen LogP contribution is -2.29. The van der Waals surface area contributed by atoms with E-state index in [2.05, 4.69) is 91.1 Å². The Hall–Kier alpha value is -3.20. The van der Waals surface area contributed by atoms with Gasteiger partial charge in [0.05, 0.1) is 12.6 Å². The third-order valence-corrected chi connectivity index (χ3v) is 7.34. The molecule has 0 spiro atoms. The topological polar surface area (TPSA) is 30.5 Å². The number of allylic oxidation sites excluding steroid dienone is 2. The fourth-order valence-electron chi connectivity index (χ4n) is 5.47. The van der Waals surface area contributed by atoms with Crippen LogP contribution in [0.3, 0.4) is 0 Å². The Bertz CT molecular complexity index is 1120. The maximum atomic E-state index is 6.33. The van der Waals surface area contributed by atoms with Gasteiger partial charge in [-0.25, -0.2) is 0 Å². The number of fused-ring (bicyclic) bond motifs is 3. The van der Waals surface area contributed by atoms with Gasteiger partial charge in [0.15, 0.2) is 0 Å². The minimum Gasteiger partial charge on any atom is -0.494 e. The fraction of sp³-hybridized carbons (Fsp3) is 0.375. The van der Waals surface area contributed by atoms with E-state index < -0.39 is 0 Å². The van der Waals surface area contributed by atoms with Crippen LogP contribution in [0, 0.1) is 5.92 Å². The van der Waals surface area contributed by atoms with Crippen molar-refractivity contribution in [3.8, 4) is 11.5 Å². The average molecular weight is 468 g/mol. The summed E-state index contributed by atoms with van der Waals surface area (Å²) in [5.74, 6) is 2.82. The number of unbranched alkanes of at least 4 members (excludes halogenated alkanes) is 4. The molecule has 0 amide bonds. The van der Waals surface area contributed by atoms with Gasteiger partial charge < -0.3 is 14.8 Å². The molecule has 3 aromatic rings. The molecule has 0 radical (unpaired) electrons. The SMILES string of the molecule is CCCCCCCOc1ccc2c(c1)C1C=CCC1C(c1ccccc1OCc1ccccc1)N2. The number of hydrogen-bond donors (Lipinski definition) is 1. The van der Waals surface area contributed by atoms with E-state index in [9.17, 15) is 0 Å². The van der Waals surface area contributed by atoms with E-state index in [4.69, 9.17) is 9.47 Å². The first kappa shape index (κ1) is 23.5. The molecule has 0 bridgehead atoms. The number of benzene rings is 3. The number of rotatable bonds is 11. The highest BCUT2D eigenvalue weighted by atomic mass is 16.5. The van der Waals surface area contributed by atoms with Crippen molar-refractivity contribution in [2.75, 3.05) is 11.9 Å². The van der Waals surface area contributed by atoms with Gasteiger partial charge in [-0.05, 0) is 54.2 Å². The molecule has 0 aromatic heterocycles. The van der Waals surface area contributed by atoms with Crippen LogP contribution in [-0.4, -0.2) is 6.61 Å². The summed E-state index contributed by atoms with van der Waals surface area (Å²) in [6.07, 6.45) is 12.1. The molecule has 0 saturated carbocycles. The molecule has 1 N–H and O–H groups in total. The van der Waals surface area contributed by atoms with Gasteiger partial charge in [-0.3, -0.25) is 0 Å². The van der Waals surface area contributed by atoms with Crippen molar-refractivity contribution in [3.63, 3.8) is 0 Å². The monoisotopic (exact) mass is 467 g/mol. The zero-order valence-corrected chi connectivity index (χ0v) is 20.8. The van der Waals surface area contributed by atoms with Gasteiger partial charge >= 0.3 is 0 Å². The molecule has 3 atom stereocenters. The maximum Gasteiger partial charge on any atom is 0.125 e. The van der Waals surface area contributed by atoms with Crippen molar-refractivity contribution in [3.05, 3.63) is 102 Å². The molecule has 1 heterocycles. The van der Waals surface area contributed by atoms with Crippen molar-refractivity contribution < 1.29 is 9.47 Å². The van der Waals surface area contributed by atoms with Crippen molar-refractivity contribution in [2.24, 2.45) is 5.92 Å². The van der Waals surface area contributed by atoms with Crippen LogP contribution >= 0.6 is 0 Å². The van der Waals surface area contributed by atoms with Crippen molar-refractivity contribution >= 4 is 5.69 Å². The van der Waals surface area contributed by atoms with Crippen molar-refractivity contribution in [2.45, 2.75) is 64.0 Å². The zero-order valence-electron chi connectivity index (χ0n) is 20.8. The molecule has 3 unspecified atom stereocenters. The Labute approximate surface area is 210 Å². The number of anilines is 1. The quantitative estimate of drug-likeness (QED) is 0.227. The summed E-state index contributed by atoms with van der Waals surface area (Å²) in [5.41, 5.74) is 4.98. The highest BCUT2D eigenvalue weighted by Gasteiger charge is 2.39. The van der Waals surface area contributed by atoms with E-state index in [1.807, 2.05) is 6.07 Å². The smallest absolute Gasteiger partial charge is 0.125 e. The van der Waals surface area contributed by atoms with Crippen LogP contribution in [0.5, 0.6) is 11.5 Å². The van der Waals surface area contributed by atoms with E-state index in [0.717, 1.165) is 30.9 Å². The summed E-state index contributed by atoms with van der Waals surface area (Å²) in [6, 6.07) is 25.7. The fourth-order valence-corrected chi connectivity index (χ4v) is 5.47. The van der Waals surface area contributed by atoms with Crippen LogP contribution in [0.2, 0.25) is 0 Å². The van der Waals surface area contributed by atoms with E-state index in [1.54, 1.807) is 0 Å². The molecule has 3 heteroatoms. The van der Waals surface area contributed by atoms with Crippen molar-refractivity contribution in [1.82, 2.24) is 0 Å². The molecular weight excluding hydrogens is 430 g/mol. The molecule has 3 nitrogen and oxygen atoms in total. The van der Waals surface area contributed by atoms with Crippen LogP contribution in [0.4, 0.5) is 5.69 Å². The van der Waals surface area contributed by atoms with E-state index in [1.165, 1.54) is 48.1 Å². The molecule has 0 fully saturated rings. The molecule has 1 aliphatic carbocycles. The second-order valence-corrected chi connectivity index (χ2v) is 9.80. The maximum absolute atomic E-state index is 6.33. The Balaban J connectivity index is 1.31. The van der Waals surface area contributed by atoms with Crippen molar-refractivity contribution in [1.29, 1.82) is 0 Å². The molecule has 182 valence electrons. The molecule has 5 rings (SSSR count). The molecule has 0 saturated heterocycles. The second kappa shape index (κ2) is 11.5. The summed E-state index contributed by atoms with van der Waals surface area (Å²) in [6.45, 7) is 3.63. The normalized spacial score (nSPS) is 20.1. The van der Waals surface area contributed by atoms with Gasteiger partial charge in [0.1, 0.15) is 18.1 Å². The van der Waals surface area contributed by atoms with Gasteiger partial charge in [-0.15, -0.1) is 0 Å². The minimum absolute atomic E-state index is 0.208. The Morgan fingerprint density at radius 1 is 0.829 bits per heavy atom. The highest BCUT2D eigenvalue weighted by Crippen LogP contribution is 2.51. The van der Waals surface area contributed by atoms with Gasteiger partial charge in [-0.1, -0.05) is 93.3 Å². The third-order valence-electron chi connectivity index (χ3n) is 7.34. The summed E-state index contributed by atoms with van der Waals surface area (Å²) in [4.78, 5) is 0. The van der Waals surface area contributed by atoms with Gasteiger partial charge in [-0.2, -0.15) is 0 Å². The van der Waals surface area contributed by atoms with Crippen LogP contribution in [-0.2, 0) is 6.61 Å². The number of nitrogens with one attached hydrogen (secondary N) is 1. The van der Waals surface area contributed by atoms with Gasteiger partial charge in [0.25, 0.3) is 0 Å². The van der Waals surface area contributed by atoms with Crippen LogP contribution in [0.25, 0.3) is 0 Å². The predicted molar refractivity (Wildman–Crippen MR) is 144 cm³/mol. The Morgan fingerprint density at radius 3 is 2.54 bits per heavy atom. The van der Waals surface area contributed by atoms with E-state index in [0.29, 0.717) is 18.4 Å². The largest absolute Gasteiger partial charge is 0.494 e. The lowest BCUT2D eigenvalue weighted by Gasteiger charge is -2.38. The Kier molecular flexibility index (Phi) is 7.72. The van der Waals surface area contributed by atoms with Crippen LogP contribution < -0.4 is 14.8 Å². The van der Waals surface area contributed by atoms with Crippen LogP contribution in [0.1, 0.15) is 74.1 Å². The summed E-state index contributed by atoms with van der Waals surface area (Å²) in [5, 5.41) is 3.87. The molecule has 35 heavy (non-hydrogen) atoms. The predicted octanol–water partition coefficient (Wildman–Crippen LogP) is 8.44. The Morgan fingerprint density at radius 2 is 1.66 bits per heavy atom. The first-order chi connectivity index (χ1) is 17.3. The minimum atomic E-state index is 0.208. The number of ether oxygens (including phenoxy) is 2. The summed E-state index contributed by atoms with van der Waals surface area (Å²) in [7, 11) is 0. The van der Waals surface area contributed by atoms with E-state index in [-0.39, 0.29) is 6.04 Å². The van der Waals surface area contributed by atoms with Gasteiger partial charge in [0, 0.05) is 17.2 Å². The standard InChI is InChI=1S/C32H37NO2/c1-2-3-4-5-11-21-34-25-19-20-30-29(22-25)26-16-12-17-27(26)32(33-30)28-15-9-10-18-31(28)35-23-24-13-7-6-8-14-24/h6-10,12-16,18-20,22,26-27,32-33H,2-5,11,17,21,23H2,1H3. The second-order valence-electron chi connectivity index (χ2n) is 9.80. The number of hydrogen-bond acceptors (Lipinski definition) is 3. The van der Waals surface area contributed by atoms with E-state index >= 15 is 0 Å². The number of para-hydroxylation sites is 1.